The van der Waals surface area contributed by atoms with E-state index < -0.39 is 0 Å². The van der Waals surface area contributed by atoms with E-state index in [0.717, 1.165) is 6.42 Å². The molecule has 17 heavy (non-hydrogen) atoms. The highest BCUT2D eigenvalue weighted by molar-refractivity contribution is 5.76. The molecule has 2 nitrogen and oxygen atoms in total. The fourth-order valence-corrected chi connectivity index (χ4v) is 1.72. The number of hydrogen-bond donors (Lipinski definition) is 1. The van der Waals surface area contributed by atoms with Crippen molar-refractivity contribution in [3.05, 3.63) is 35.4 Å². The predicted molar refractivity (Wildman–Crippen MR) is 72.1 cm³/mol. The number of amides is 1. The van der Waals surface area contributed by atoms with Crippen molar-refractivity contribution < 1.29 is 4.79 Å². The average molecular weight is 233 g/mol. The molecule has 0 heterocycles. The molecule has 0 aliphatic rings. The van der Waals surface area contributed by atoms with Crippen LogP contribution in [0.1, 0.15) is 51.2 Å². The minimum absolute atomic E-state index is 0.132. The second-order valence-electron chi connectivity index (χ2n) is 5.12. The lowest BCUT2D eigenvalue weighted by Gasteiger charge is -2.09. The summed E-state index contributed by atoms with van der Waals surface area (Å²) in [5.74, 6) is 0.696. The normalized spacial score (nSPS) is 10.9. The lowest BCUT2D eigenvalue weighted by Crippen LogP contribution is -2.30. The van der Waals surface area contributed by atoms with Crippen molar-refractivity contribution >= 4 is 5.91 Å². The average Bonchev–Trinajstić information content (AvgIpc) is 2.26. The van der Waals surface area contributed by atoms with Gasteiger partial charge in [-0.2, -0.15) is 0 Å². The van der Waals surface area contributed by atoms with Crippen molar-refractivity contribution in [1.82, 2.24) is 5.32 Å². The lowest BCUT2D eigenvalue weighted by molar-refractivity contribution is -0.121. The van der Waals surface area contributed by atoms with Crippen molar-refractivity contribution in [3.63, 3.8) is 0 Å². The fourth-order valence-electron chi connectivity index (χ4n) is 1.72. The first kappa shape index (κ1) is 13.8. The number of aryl methyl sites for hydroxylation is 1. The molecule has 1 amide bonds. The summed E-state index contributed by atoms with van der Waals surface area (Å²) in [6.45, 7) is 8.33. The molecule has 0 aliphatic carbocycles. The molecule has 0 aromatic heterocycles. The Bertz CT molecular complexity index is 352. The van der Waals surface area contributed by atoms with Gasteiger partial charge in [0.05, 0.1) is 0 Å². The maximum absolute atomic E-state index is 11.5. The summed E-state index contributed by atoms with van der Waals surface area (Å²) < 4.78 is 0. The number of benzene rings is 1. The Morgan fingerprint density at radius 2 is 1.71 bits per heavy atom. The highest BCUT2D eigenvalue weighted by Crippen LogP contribution is 2.15. The molecule has 0 bridgehead atoms. The van der Waals surface area contributed by atoms with Gasteiger partial charge in [0.2, 0.25) is 5.91 Å². The fraction of sp³-hybridized carbons (Fsp3) is 0.533. The van der Waals surface area contributed by atoms with Crippen LogP contribution in [0.5, 0.6) is 0 Å². The Morgan fingerprint density at radius 3 is 2.18 bits per heavy atom. The van der Waals surface area contributed by atoms with E-state index >= 15 is 0 Å². The number of rotatable bonds is 5. The summed E-state index contributed by atoms with van der Waals surface area (Å²) in [6.07, 6.45) is 1.39. The smallest absolute Gasteiger partial charge is 0.220 e. The Morgan fingerprint density at radius 1 is 1.12 bits per heavy atom. The number of nitrogens with one attached hydrogen (secondary N) is 1. The first-order valence-electron chi connectivity index (χ1n) is 6.37. The molecule has 0 saturated carbocycles. The van der Waals surface area contributed by atoms with E-state index in [1.165, 1.54) is 11.1 Å². The van der Waals surface area contributed by atoms with E-state index in [0.29, 0.717) is 12.3 Å². The van der Waals surface area contributed by atoms with Gasteiger partial charge < -0.3 is 5.32 Å². The largest absolute Gasteiger partial charge is 0.354 e. The minimum atomic E-state index is 0.132. The third-order valence-electron chi connectivity index (χ3n) is 2.74. The number of hydrogen-bond acceptors (Lipinski definition) is 1. The summed E-state index contributed by atoms with van der Waals surface area (Å²) in [6, 6.07) is 8.78. The molecular formula is C15H23NO. The van der Waals surface area contributed by atoms with Gasteiger partial charge in [-0.3, -0.25) is 4.79 Å². The first-order chi connectivity index (χ1) is 7.99. The molecular weight excluding hydrogens is 210 g/mol. The van der Waals surface area contributed by atoms with E-state index in [2.05, 4.69) is 43.4 Å². The van der Waals surface area contributed by atoms with Gasteiger partial charge in [0, 0.05) is 12.5 Å². The van der Waals surface area contributed by atoms with Crippen molar-refractivity contribution in [3.8, 4) is 0 Å². The van der Waals surface area contributed by atoms with Gasteiger partial charge >= 0.3 is 0 Å². The summed E-state index contributed by atoms with van der Waals surface area (Å²) in [5, 5.41) is 2.90. The molecule has 1 rings (SSSR count). The molecule has 0 atom stereocenters. The van der Waals surface area contributed by atoms with Crippen LogP contribution in [0, 0.1) is 0 Å². The number of carbonyl (C=O) groups is 1. The van der Waals surface area contributed by atoms with Crippen LogP contribution in [0.3, 0.4) is 0 Å². The van der Waals surface area contributed by atoms with Crippen LogP contribution >= 0.6 is 0 Å². The Labute approximate surface area is 104 Å². The van der Waals surface area contributed by atoms with Gasteiger partial charge in [-0.25, -0.2) is 0 Å². The predicted octanol–water partition coefficient (Wildman–Crippen LogP) is 3.27. The highest BCUT2D eigenvalue weighted by Gasteiger charge is 2.04. The summed E-state index contributed by atoms with van der Waals surface area (Å²) >= 11 is 0. The van der Waals surface area contributed by atoms with Gasteiger partial charge in [0.15, 0.2) is 0 Å². The van der Waals surface area contributed by atoms with Crippen molar-refractivity contribution in [2.75, 3.05) is 0 Å². The SMILES string of the molecule is CC(C)NC(=O)CCc1ccc(C(C)C)cc1. The molecule has 1 aromatic carbocycles. The van der Waals surface area contributed by atoms with Gasteiger partial charge in [-0.05, 0) is 37.3 Å². The van der Waals surface area contributed by atoms with E-state index in [9.17, 15) is 4.79 Å². The second-order valence-corrected chi connectivity index (χ2v) is 5.12. The van der Waals surface area contributed by atoms with Crippen molar-refractivity contribution in [2.45, 2.75) is 52.5 Å². The Hall–Kier alpha value is -1.31. The molecule has 0 saturated heterocycles. The Kier molecular flexibility index (Phi) is 5.20. The van der Waals surface area contributed by atoms with E-state index in [-0.39, 0.29) is 11.9 Å². The molecule has 0 fully saturated rings. The topological polar surface area (TPSA) is 29.1 Å². The van der Waals surface area contributed by atoms with Gasteiger partial charge in [0.25, 0.3) is 0 Å². The highest BCUT2D eigenvalue weighted by atomic mass is 16.1. The zero-order chi connectivity index (χ0) is 12.8. The summed E-state index contributed by atoms with van der Waals surface area (Å²) in [7, 11) is 0. The second kappa shape index (κ2) is 6.43. The van der Waals surface area contributed by atoms with Crippen LogP contribution in [0.4, 0.5) is 0 Å². The van der Waals surface area contributed by atoms with Gasteiger partial charge in [-0.1, -0.05) is 38.1 Å². The molecule has 0 radical (unpaired) electrons. The van der Waals surface area contributed by atoms with Crippen LogP contribution < -0.4 is 5.32 Å². The van der Waals surface area contributed by atoms with E-state index in [1.54, 1.807) is 0 Å². The monoisotopic (exact) mass is 233 g/mol. The molecule has 0 aliphatic heterocycles. The number of carbonyl (C=O) groups excluding carboxylic acids is 1. The van der Waals surface area contributed by atoms with Crippen molar-refractivity contribution in [2.24, 2.45) is 0 Å². The van der Waals surface area contributed by atoms with Crippen LogP contribution in [0.15, 0.2) is 24.3 Å². The van der Waals surface area contributed by atoms with Gasteiger partial charge in [-0.15, -0.1) is 0 Å². The van der Waals surface area contributed by atoms with Crippen LogP contribution in [-0.4, -0.2) is 11.9 Å². The zero-order valence-electron chi connectivity index (χ0n) is 11.3. The standard InChI is InChI=1S/C15H23NO/c1-11(2)14-8-5-13(6-9-14)7-10-15(17)16-12(3)4/h5-6,8-9,11-12H,7,10H2,1-4H3,(H,16,17). The molecule has 1 N–H and O–H groups in total. The third-order valence-corrected chi connectivity index (χ3v) is 2.74. The van der Waals surface area contributed by atoms with E-state index in [1.807, 2.05) is 13.8 Å². The van der Waals surface area contributed by atoms with Crippen LogP contribution in [0.2, 0.25) is 0 Å². The molecule has 2 heteroatoms. The molecule has 1 aromatic rings. The third kappa shape index (κ3) is 5.03. The van der Waals surface area contributed by atoms with Crippen molar-refractivity contribution in [1.29, 1.82) is 0 Å². The first-order valence-corrected chi connectivity index (χ1v) is 6.37. The maximum Gasteiger partial charge on any atom is 0.220 e. The quantitative estimate of drug-likeness (QED) is 0.831. The Balaban J connectivity index is 2.44. The molecule has 0 spiro atoms. The lowest BCUT2D eigenvalue weighted by atomic mass is 10.0. The van der Waals surface area contributed by atoms with Crippen LogP contribution in [-0.2, 0) is 11.2 Å². The molecule has 94 valence electrons. The molecule has 0 unspecified atom stereocenters. The van der Waals surface area contributed by atoms with E-state index in [4.69, 9.17) is 0 Å². The summed E-state index contributed by atoms with van der Waals surface area (Å²) in [5.41, 5.74) is 2.58. The van der Waals surface area contributed by atoms with Crippen LogP contribution in [0.25, 0.3) is 0 Å². The van der Waals surface area contributed by atoms with Gasteiger partial charge in [0.1, 0.15) is 0 Å². The zero-order valence-corrected chi connectivity index (χ0v) is 11.3. The summed E-state index contributed by atoms with van der Waals surface area (Å²) in [4.78, 5) is 11.5. The minimum Gasteiger partial charge on any atom is -0.354 e. The maximum atomic E-state index is 11.5.